The maximum absolute atomic E-state index is 14.5. The number of hydrogen-bond acceptors (Lipinski definition) is 6. The summed E-state index contributed by atoms with van der Waals surface area (Å²) in [5, 5.41) is 11.2. The van der Waals surface area contributed by atoms with Crippen LogP contribution >= 0.6 is 0 Å². The van der Waals surface area contributed by atoms with Crippen molar-refractivity contribution in [1.82, 2.24) is 4.90 Å². The molecule has 2 aromatic carbocycles. The van der Waals surface area contributed by atoms with Crippen LogP contribution in [0.25, 0.3) is 10.8 Å². The molecule has 5 rings (SSSR count). The fourth-order valence-corrected chi connectivity index (χ4v) is 6.87. The third-order valence-corrected chi connectivity index (χ3v) is 8.52. The summed E-state index contributed by atoms with van der Waals surface area (Å²) >= 11 is 0. The summed E-state index contributed by atoms with van der Waals surface area (Å²) in [4.78, 5) is 44.9. The Balaban J connectivity index is 1.51. The number of esters is 1. The number of amides is 2. The first-order valence-electron chi connectivity index (χ1n) is 14.1. The summed E-state index contributed by atoms with van der Waals surface area (Å²) < 4.78 is 11.9. The fourth-order valence-electron chi connectivity index (χ4n) is 6.87. The third-order valence-electron chi connectivity index (χ3n) is 8.52. The lowest BCUT2D eigenvalue weighted by Crippen LogP contribution is -2.56. The van der Waals surface area contributed by atoms with E-state index in [-0.39, 0.29) is 31.6 Å². The minimum atomic E-state index is -1.06. The monoisotopic (exact) mass is 534 g/mol. The summed E-state index contributed by atoms with van der Waals surface area (Å²) in [6.45, 7) is 6.66. The molecule has 8 nitrogen and oxygen atoms in total. The van der Waals surface area contributed by atoms with Crippen LogP contribution in [0, 0.1) is 11.8 Å². The first-order chi connectivity index (χ1) is 19.0. The number of nitrogens with zero attached hydrogens (tertiary/aromatic N) is 2. The Morgan fingerprint density at radius 3 is 2.69 bits per heavy atom. The van der Waals surface area contributed by atoms with Gasteiger partial charge >= 0.3 is 5.97 Å². The summed E-state index contributed by atoms with van der Waals surface area (Å²) in [7, 11) is 0. The quantitative estimate of drug-likeness (QED) is 0.253. The van der Waals surface area contributed by atoms with Crippen molar-refractivity contribution in [3.8, 4) is 0 Å². The van der Waals surface area contributed by atoms with Crippen LogP contribution in [-0.2, 0) is 23.9 Å². The topological polar surface area (TPSA) is 96.4 Å². The number of anilines is 1. The number of unbranched alkanes of at least 4 members (excludes halogenated alkanes) is 3. The van der Waals surface area contributed by atoms with Crippen LogP contribution < -0.4 is 4.90 Å². The van der Waals surface area contributed by atoms with E-state index in [0.29, 0.717) is 32.2 Å². The van der Waals surface area contributed by atoms with Crippen LogP contribution in [0.4, 0.5) is 5.69 Å². The Morgan fingerprint density at radius 1 is 1.18 bits per heavy atom. The van der Waals surface area contributed by atoms with Crippen molar-refractivity contribution < 1.29 is 29.0 Å². The first kappa shape index (κ1) is 27.3. The van der Waals surface area contributed by atoms with E-state index in [4.69, 9.17) is 14.6 Å². The van der Waals surface area contributed by atoms with Crippen LogP contribution in [-0.4, -0.2) is 71.8 Å². The van der Waals surface area contributed by atoms with Gasteiger partial charge in [0.1, 0.15) is 11.6 Å². The van der Waals surface area contributed by atoms with Gasteiger partial charge in [0, 0.05) is 25.4 Å². The number of hydrogen-bond donors (Lipinski definition) is 1. The van der Waals surface area contributed by atoms with Gasteiger partial charge in [-0.2, -0.15) is 0 Å². The molecule has 0 aromatic heterocycles. The molecule has 3 aliphatic rings. The van der Waals surface area contributed by atoms with Gasteiger partial charge in [-0.3, -0.25) is 14.4 Å². The molecule has 3 heterocycles. The lowest BCUT2D eigenvalue weighted by Gasteiger charge is -2.37. The molecule has 0 aliphatic carbocycles. The molecule has 2 aromatic rings. The molecule has 2 amide bonds. The summed E-state index contributed by atoms with van der Waals surface area (Å²) in [6.07, 6.45) is 5.49. The summed E-state index contributed by atoms with van der Waals surface area (Å²) in [5.74, 6) is -2.27. The Kier molecular flexibility index (Phi) is 8.05. The van der Waals surface area contributed by atoms with Gasteiger partial charge in [-0.25, -0.2) is 0 Å². The van der Waals surface area contributed by atoms with E-state index in [1.807, 2.05) is 42.5 Å². The van der Waals surface area contributed by atoms with Crippen molar-refractivity contribution in [2.75, 3.05) is 31.2 Å². The molecular weight excluding hydrogens is 496 g/mol. The van der Waals surface area contributed by atoms with Crippen LogP contribution in [0.5, 0.6) is 0 Å². The van der Waals surface area contributed by atoms with Gasteiger partial charge in [0.2, 0.25) is 5.91 Å². The molecule has 2 bridgehead atoms. The zero-order valence-electron chi connectivity index (χ0n) is 22.6. The predicted molar refractivity (Wildman–Crippen MR) is 148 cm³/mol. The van der Waals surface area contributed by atoms with Gasteiger partial charge in [-0.15, -0.1) is 6.58 Å². The van der Waals surface area contributed by atoms with Gasteiger partial charge in [-0.05, 0) is 55.5 Å². The third kappa shape index (κ3) is 4.74. The zero-order valence-corrected chi connectivity index (χ0v) is 22.6. The molecule has 0 radical (unpaired) electrons. The van der Waals surface area contributed by atoms with Crippen molar-refractivity contribution >= 4 is 34.2 Å². The molecule has 3 aliphatic heterocycles. The first-order valence-corrected chi connectivity index (χ1v) is 14.1. The maximum atomic E-state index is 14.5. The molecule has 39 heavy (non-hydrogen) atoms. The van der Waals surface area contributed by atoms with Crippen molar-refractivity contribution in [2.45, 2.75) is 63.2 Å². The highest BCUT2D eigenvalue weighted by Crippen LogP contribution is 2.59. The number of likely N-dealkylation sites (tertiary alicyclic amines) is 1. The molecule has 1 spiro atoms. The second kappa shape index (κ2) is 11.5. The van der Waals surface area contributed by atoms with E-state index in [2.05, 4.69) is 6.58 Å². The minimum Gasteiger partial charge on any atom is -0.466 e. The van der Waals surface area contributed by atoms with Crippen LogP contribution in [0.2, 0.25) is 0 Å². The highest BCUT2D eigenvalue weighted by molar-refractivity contribution is 6.05. The Bertz CT molecular complexity index is 1250. The second-order valence-electron chi connectivity index (χ2n) is 10.7. The Labute approximate surface area is 229 Å². The zero-order chi connectivity index (χ0) is 27.6. The number of carbonyl (C=O) groups excluding carboxylic acids is 3. The van der Waals surface area contributed by atoms with Gasteiger partial charge in [0.05, 0.1) is 24.5 Å². The normalized spacial score (nSPS) is 27.1. The average molecular weight is 535 g/mol. The molecule has 5 atom stereocenters. The average Bonchev–Trinajstić information content (AvgIpc) is 3.58. The van der Waals surface area contributed by atoms with Crippen LogP contribution in [0.15, 0.2) is 55.1 Å². The lowest BCUT2D eigenvalue weighted by atomic mass is 9.70. The van der Waals surface area contributed by atoms with E-state index in [9.17, 15) is 14.4 Å². The molecule has 208 valence electrons. The number of aliphatic hydroxyl groups is 1. The molecule has 3 fully saturated rings. The molecular formula is C31H38N2O6. The number of rotatable bonds is 12. The molecule has 0 saturated carbocycles. The Hall–Kier alpha value is -3.23. The highest BCUT2D eigenvalue weighted by Gasteiger charge is 2.75. The highest BCUT2D eigenvalue weighted by atomic mass is 16.6. The van der Waals surface area contributed by atoms with Crippen molar-refractivity contribution in [2.24, 2.45) is 11.8 Å². The smallest absolute Gasteiger partial charge is 0.312 e. The van der Waals surface area contributed by atoms with E-state index in [0.717, 1.165) is 29.3 Å². The number of ether oxygens (including phenoxy) is 2. The molecule has 0 unspecified atom stereocenters. The van der Waals surface area contributed by atoms with Crippen molar-refractivity contribution in [1.29, 1.82) is 0 Å². The number of benzene rings is 2. The SMILES string of the molecule is C=CCN(C(=O)[C@H]1N(CCCCCCO)C(=O)[C@@H]2[C@@H](C(=O)OCC)[C@H]3CC[C@]21O3)c1ccc2ccccc2c1. The van der Waals surface area contributed by atoms with Crippen LogP contribution in [0.1, 0.15) is 45.4 Å². The molecule has 3 saturated heterocycles. The number of aliphatic hydroxyl groups excluding tert-OH is 1. The summed E-state index contributed by atoms with van der Waals surface area (Å²) in [5.41, 5.74) is -0.333. The number of fused-ring (bicyclic) bond motifs is 2. The standard InChI is InChI=1S/C31H38N2O6/c1-3-17-32(23-14-13-21-11-7-8-12-22(21)20-23)29(36)27-31-16-15-24(39-31)25(30(37)38-4-2)26(31)28(35)33(27)18-9-5-6-10-19-34/h3,7-8,11-14,20,24-27,34H,1,4-6,9-10,15-19H2,2H3/t24-,25+,26+,27-,31+/m1/s1. The fraction of sp³-hybridized carbons (Fsp3) is 0.516. The largest absolute Gasteiger partial charge is 0.466 e. The molecule has 8 heteroatoms. The van der Waals surface area contributed by atoms with Gasteiger partial charge in [0.15, 0.2) is 0 Å². The van der Waals surface area contributed by atoms with Gasteiger partial charge in [0.25, 0.3) is 5.91 Å². The van der Waals surface area contributed by atoms with Crippen LogP contribution in [0.3, 0.4) is 0 Å². The predicted octanol–water partition coefficient (Wildman–Crippen LogP) is 3.85. The van der Waals surface area contributed by atoms with Crippen molar-refractivity contribution in [3.63, 3.8) is 0 Å². The second-order valence-corrected chi connectivity index (χ2v) is 10.7. The van der Waals surface area contributed by atoms with Crippen molar-refractivity contribution in [3.05, 3.63) is 55.1 Å². The number of carbonyl (C=O) groups is 3. The van der Waals surface area contributed by atoms with E-state index in [1.54, 1.807) is 22.8 Å². The van der Waals surface area contributed by atoms with Gasteiger partial charge in [-0.1, -0.05) is 49.2 Å². The molecule has 1 N–H and O–H groups in total. The lowest BCUT2D eigenvalue weighted by molar-refractivity contribution is -0.154. The Morgan fingerprint density at radius 2 is 1.95 bits per heavy atom. The maximum Gasteiger partial charge on any atom is 0.312 e. The van der Waals surface area contributed by atoms with E-state index >= 15 is 0 Å². The minimum absolute atomic E-state index is 0.133. The summed E-state index contributed by atoms with van der Waals surface area (Å²) in [6, 6.07) is 13.0. The van der Waals surface area contributed by atoms with E-state index in [1.165, 1.54) is 0 Å². The van der Waals surface area contributed by atoms with Gasteiger partial charge < -0.3 is 24.4 Å². The van der Waals surface area contributed by atoms with E-state index < -0.39 is 35.6 Å².